The number of nitrogens with zero attached hydrogens (tertiary/aromatic N) is 1. The minimum atomic E-state index is -1.44. The summed E-state index contributed by atoms with van der Waals surface area (Å²) >= 11 is 0. The van der Waals surface area contributed by atoms with E-state index in [1.807, 2.05) is 0 Å². The molecule has 24 heavy (non-hydrogen) atoms. The van der Waals surface area contributed by atoms with Gasteiger partial charge in [0.05, 0.1) is 11.5 Å². The van der Waals surface area contributed by atoms with Crippen molar-refractivity contribution >= 4 is 11.6 Å². The average Bonchev–Trinajstić information content (AvgIpc) is 2.84. The number of amides is 1. The van der Waals surface area contributed by atoms with Crippen molar-refractivity contribution in [1.82, 2.24) is 5.32 Å². The molecule has 7 nitrogen and oxygen atoms in total. The molecule has 2 N–H and O–H groups in total. The summed E-state index contributed by atoms with van der Waals surface area (Å²) in [6, 6.07) is 4.26. The summed E-state index contributed by atoms with van der Waals surface area (Å²) in [5.41, 5.74) is -1.87. The van der Waals surface area contributed by atoms with Crippen LogP contribution in [0.5, 0.6) is 0 Å². The quantitative estimate of drug-likeness (QED) is 0.645. The summed E-state index contributed by atoms with van der Waals surface area (Å²) in [5, 5.41) is 23.9. The SMILES string of the molecule is Cc1cc(C(C)(O)CNC(=O)c2cc(F)ccc2[N+](=O)[O-])c(C)o1. The molecule has 0 aliphatic heterocycles. The highest BCUT2D eigenvalue weighted by Crippen LogP contribution is 2.27. The van der Waals surface area contributed by atoms with E-state index in [2.05, 4.69) is 5.32 Å². The number of rotatable bonds is 5. The van der Waals surface area contributed by atoms with Crippen LogP contribution in [0.25, 0.3) is 0 Å². The third-order valence-electron chi connectivity index (χ3n) is 3.61. The predicted octanol–water partition coefficient (Wildman–Crippen LogP) is 2.58. The molecule has 2 aromatic rings. The van der Waals surface area contributed by atoms with E-state index >= 15 is 0 Å². The van der Waals surface area contributed by atoms with Gasteiger partial charge in [0.1, 0.15) is 28.5 Å². The topological polar surface area (TPSA) is 106 Å². The van der Waals surface area contributed by atoms with Gasteiger partial charge in [-0.3, -0.25) is 14.9 Å². The second-order valence-corrected chi connectivity index (χ2v) is 5.70. The van der Waals surface area contributed by atoms with Crippen molar-refractivity contribution in [2.75, 3.05) is 6.54 Å². The van der Waals surface area contributed by atoms with Gasteiger partial charge in [-0.15, -0.1) is 0 Å². The molecule has 1 heterocycles. The number of nitro benzene ring substituents is 1. The van der Waals surface area contributed by atoms with Crippen molar-refractivity contribution < 1.29 is 23.6 Å². The largest absolute Gasteiger partial charge is 0.466 e. The highest BCUT2D eigenvalue weighted by atomic mass is 19.1. The molecule has 1 aromatic carbocycles. The molecule has 0 saturated heterocycles. The van der Waals surface area contributed by atoms with Crippen LogP contribution < -0.4 is 5.32 Å². The highest BCUT2D eigenvalue weighted by molar-refractivity contribution is 5.98. The molecule has 1 atom stereocenters. The Balaban J connectivity index is 2.20. The molecule has 1 aromatic heterocycles. The molecule has 0 bridgehead atoms. The molecule has 1 unspecified atom stereocenters. The highest BCUT2D eigenvalue weighted by Gasteiger charge is 2.29. The molecular formula is C16H17FN2O5. The van der Waals surface area contributed by atoms with Crippen LogP contribution in [0.3, 0.4) is 0 Å². The Bertz CT molecular complexity index is 798. The lowest BCUT2D eigenvalue weighted by Gasteiger charge is -2.23. The smallest absolute Gasteiger partial charge is 0.282 e. The molecule has 0 radical (unpaired) electrons. The Morgan fingerprint density at radius 2 is 2.08 bits per heavy atom. The summed E-state index contributed by atoms with van der Waals surface area (Å²) in [7, 11) is 0. The van der Waals surface area contributed by atoms with Crippen LogP contribution in [0.4, 0.5) is 10.1 Å². The maximum absolute atomic E-state index is 13.3. The van der Waals surface area contributed by atoms with Gasteiger partial charge in [0.15, 0.2) is 0 Å². The van der Waals surface area contributed by atoms with Gasteiger partial charge in [0.25, 0.3) is 11.6 Å². The Labute approximate surface area is 137 Å². The van der Waals surface area contributed by atoms with E-state index in [9.17, 15) is 24.4 Å². The second-order valence-electron chi connectivity index (χ2n) is 5.70. The van der Waals surface area contributed by atoms with Crippen LogP contribution in [-0.2, 0) is 5.60 Å². The lowest BCUT2D eigenvalue weighted by molar-refractivity contribution is -0.385. The first-order chi connectivity index (χ1) is 11.1. The zero-order valence-electron chi connectivity index (χ0n) is 13.4. The minimum absolute atomic E-state index is 0.223. The number of carbonyl (C=O) groups is 1. The molecule has 1 amide bonds. The van der Waals surface area contributed by atoms with Crippen molar-refractivity contribution in [3.63, 3.8) is 0 Å². The van der Waals surface area contributed by atoms with Crippen LogP contribution >= 0.6 is 0 Å². The van der Waals surface area contributed by atoms with Gasteiger partial charge in [-0.1, -0.05) is 0 Å². The molecule has 0 aliphatic carbocycles. The van der Waals surface area contributed by atoms with E-state index in [-0.39, 0.29) is 6.54 Å². The molecule has 2 rings (SSSR count). The number of aryl methyl sites for hydroxylation is 2. The Morgan fingerprint density at radius 3 is 2.62 bits per heavy atom. The number of furan rings is 1. The van der Waals surface area contributed by atoms with Crippen LogP contribution in [0.2, 0.25) is 0 Å². The monoisotopic (exact) mass is 336 g/mol. The van der Waals surface area contributed by atoms with Crippen molar-refractivity contribution in [2.45, 2.75) is 26.4 Å². The number of hydrogen-bond donors (Lipinski definition) is 2. The fourth-order valence-corrected chi connectivity index (χ4v) is 2.46. The van der Waals surface area contributed by atoms with Crippen molar-refractivity contribution in [3.8, 4) is 0 Å². The fraction of sp³-hybridized carbons (Fsp3) is 0.312. The van der Waals surface area contributed by atoms with Crippen LogP contribution in [0.1, 0.15) is 34.4 Å². The number of hydrogen-bond acceptors (Lipinski definition) is 5. The number of nitrogens with one attached hydrogen (secondary N) is 1. The molecule has 0 spiro atoms. The van der Waals surface area contributed by atoms with Crippen LogP contribution in [-0.4, -0.2) is 22.5 Å². The summed E-state index contributed by atoms with van der Waals surface area (Å²) in [6.07, 6.45) is 0. The maximum Gasteiger partial charge on any atom is 0.282 e. The molecule has 0 aliphatic rings. The lowest BCUT2D eigenvalue weighted by Crippen LogP contribution is -2.39. The van der Waals surface area contributed by atoms with Gasteiger partial charge < -0.3 is 14.8 Å². The maximum atomic E-state index is 13.3. The number of aliphatic hydroxyl groups is 1. The van der Waals surface area contributed by atoms with Crippen molar-refractivity contribution in [2.24, 2.45) is 0 Å². The summed E-state index contributed by atoms with van der Waals surface area (Å²) < 4.78 is 18.6. The second kappa shape index (κ2) is 6.40. The standard InChI is InChI=1S/C16H17FN2O5/c1-9-6-13(10(2)24-9)16(3,21)8-18-15(20)12-7-11(17)4-5-14(12)19(22)23/h4-7,21H,8H2,1-3H3,(H,18,20). The third-order valence-corrected chi connectivity index (χ3v) is 3.61. The van der Waals surface area contributed by atoms with E-state index in [4.69, 9.17) is 4.42 Å². The van der Waals surface area contributed by atoms with Gasteiger partial charge >= 0.3 is 0 Å². The fourth-order valence-electron chi connectivity index (χ4n) is 2.46. The Hall–Kier alpha value is -2.74. The molecule has 0 saturated carbocycles. The lowest BCUT2D eigenvalue weighted by atomic mass is 9.96. The van der Waals surface area contributed by atoms with E-state index in [1.165, 1.54) is 6.92 Å². The van der Waals surface area contributed by atoms with Gasteiger partial charge in [0, 0.05) is 11.6 Å². The minimum Gasteiger partial charge on any atom is -0.466 e. The molecule has 8 heteroatoms. The van der Waals surface area contributed by atoms with Crippen LogP contribution in [0, 0.1) is 29.8 Å². The zero-order chi connectivity index (χ0) is 18.1. The first-order valence-corrected chi connectivity index (χ1v) is 7.14. The zero-order valence-corrected chi connectivity index (χ0v) is 13.4. The van der Waals surface area contributed by atoms with Gasteiger partial charge in [0.2, 0.25) is 0 Å². The number of nitro groups is 1. The molecule has 128 valence electrons. The molecule has 0 fully saturated rings. The number of carbonyl (C=O) groups excluding carboxylic acids is 1. The Kier molecular flexibility index (Phi) is 4.70. The van der Waals surface area contributed by atoms with Gasteiger partial charge in [-0.25, -0.2) is 4.39 Å². The van der Waals surface area contributed by atoms with E-state index < -0.39 is 33.5 Å². The molecular weight excluding hydrogens is 319 g/mol. The third kappa shape index (κ3) is 3.60. The number of benzene rings is 1. The predicted molar refractivity (Wildman–Crippen MR) is 83.1 cm³/mol. The first kappa shape index (κ1) is 17.6. The summed E-state index contributed by atoms with van der Waals surface area (Å²) in [5.74, 6) is -0.503. The van der Waals surface area contributed by atoms with Crippen molar-refractivity contribution in [1.29, 1.82) is 0 Å². The van der Waals surface area contributed by atoms with E-state index in [0.29, 0.717) is 17.1 Å². The van der Waals surface area contributed by atoms with Gasteiger partial charge in [-0.05, 0) is 39.0 Å². The van der Waals surface area contributed by atoms with Gasteiger partial charge in [-0.2, -0.15) is 0 Å². The van der Waals surface area contributed by atoms with Crippen molar-refractivity contribution in [3.05, 3.63) is 62.8 Å². The average molecular weight is 336 g/mol. The summed E-state index contributed by atoms with van der Waals surface area (Å²) in [4.78, 5) is 22.4. The normalized spacial score (nSPS) is 13.4. The first-order valence-electron chi connectivity index (χ1n) is 7.14. The summed E-state index contributed by atoms with van der Waals surface area (Å²) in [6.45, 7) is 4.65. The van der Waals surface area contributed by atoms with E-state index in [0.717, 1.165) is 18.2 Å². The van der Waals surface area contributed by atoms with Crippen LogP contribution in [0.15, 0.2) is 28.7 Å². The van der Waals surface area contributed by atoms with E-state index in [1.54, 1.807) is 19.9 Å². The Morgan fingerprint density at radius 1 is 1.42 bits per heavy atom. The number of halogens is 1.